The van der Waals surface area contributed by atoms with Crippen LogP contribution in [0.15, 0.2) is 0 Å². The van der Waals surface area contributed by atoms with Crippen LogP contribution in [0.4, 0.5) is 0 Å². The van der Waals surface area contributed by atoms with Gasteiger partial charge >= 0.3 is 10.2 Å². The third-order valence-corrected chi connectivity index (χ3v) is 2.83. The second-order valence-corrected chi connectivity index (χ2v) is 3.53. The second-order valence-electron chi connectivity index (χ2n) is 1.83. The number of nitrogens with one attached hydrogen (secondary N) is 1. The van der Waals surface area contributed by atoms with Crippen LogP contribution >= 0.6 is 0 Å². The summed E-state index contributed by atoms with van der Waals surface area (Å²) in [4.78, 5) is 9.84. The highest BCUT2D eigenvalue weighted by Gasteiger charge is 2.16. The number of hydrogen-bond donors (Lipinski definition) is 1. The van der Waals surface area contributed by atoms with Gasteiger partial charge in [-0.15, -0.1) is 0 Å². The molecule has 0 heterocycles. The van der Waals surface area contributed by atoms with Crippen LogP contribution < -0.4 is 4.72 Å². The van der Waals surface area contributed by atoms with Crippen LogP contribution in [-0.2, 0) is 15.0 Å². The lowest BCUT2D eigenvalue weighted by Crippen LogP contribution is -2.39. The van der Waals surface area contributed by atoms with Gasteiger partial charge in [0.2, 0.25) is 6.41 Å². The molecule has 0 radical (unpaired) electrons. The van der Waals surface area contributed by atoms with E-state index < -0.39 is 10.2 Å². The number of carbonyl (C=O) groups is 1. The summed E-state index contributed by atoms with van der Waals surface area (Å²) in [6.45, 7) is 4.13. The van der Waals surface area contributed by atoms with Crippen molar-refractivity contribution in [1.82, 2.24) is 9.03 Å². The summed E-state index contributed by atoms with van der Waals surface area (Å²) in [6, 6.07) is 0. The molecule has 0 aliphatic carbocycles. The summed E-state index contributed by atoms with van der Waals surface area (Å²) in [5.74, 6) is 0. The van der Waals surface area contributed by atoms with Crippen LogP contribution in [0.3, 0.4) is 0 Å². The highest BCUT2D eigenvalue weighted by Crippen LogP contribution is 1.94. The quantitative estimate of drug-likeness (QED) is 0.570. The van der Waals surface area contributed by atoms with Crippen LogP contribution in [0, 0.1) is 0 Å². The maximum absolute atomic E-state index is 11.0. The first-order valence-electron chi connectivity index (χ1n) is 3.29. The van der Waals surface area contributed by atoms with Gasteiger partial charge in [-0.25, -0.2) is 4.72 Å². The number of nitrogens with zero attached hydrogens (tertiary/aromatic N) is 1. The smallest absolute Gasteiger partial charge is 0.278 e. The summed E-state index contributed by atoms with van der Waals surface area (Å²) < 4.78 is 24.8. The Balaban J connectivity index is 4.38. The highest BCUT2D eigenvalue weighted by atomic mass is 32.2. The van der Waals surface area contributed by atoms with Crippen LogP contribution in [0.25, 0.3) is 0 Å². The molecule has 0 bridgehead atoms. The predicted molar refractivity (Wildman–Crippen MR) is 41.0 cm³/mol. The van der Waals surface area contributed by atoms with Crippen molar-refractivity contribution in [3.63, 3.8) is 0 Å². The Morgan fingerprint density at radius 2 is 1.82 bits per heavy atom. The third kappa shape index (κ3) is 2.85. The zero-order valence-electron chi connectivity index (χ0n) is 6.57. The lowest BCUT2D eigenvalue weighted by atomic mass is 10.7. The Morgan fingerprint density at radius 1 is 1.36 bits per heavy atom. The van der Waals surface area contributed by atoms with Crippen molar-refractivity contribution in [2.75, 3.05) is 13.1 Å². The molecule has 0 spiro atoms. The summed E-state index contributed by atoms with van der Waals surface area (Å²) in [5, 5.41) is 0. The van der Waals surface area contributed by atoms with E-state index in [0.29, 0.717) is 13.1 Å². The second kappa shape index (κ2) is 4.30. The molecule has 5 nitrogen and oxygen atoms in total. The van der Waals surface area contributed by atoms with E-state index in [-0.39, 0.29) is 6.41 Å². The van der Waals surface area contributed by atoms with E-state index in [2.05, 4.69) is 0 Å². The normalized spacial score (nSPS) is 11.5. The maximum Gasteiger partial charge on any atom is 0.303 e. The molecular weight excluding hydrogens is 168 g/mol. The van der Waals surface area contributed by atoms with Gasteiger partial charge in [0.05, 0.1) is 0 Å². The number of rotatable bonds is 5. The third-order valence-electron chi connectivity index (χ3n) is 1.24. The topological polar surface area (TPSA) is 66.5 Å². The number of hydrogen-bond acceptors (Lipinski definition) is 3. The number of amides is 1. The van der Waals surface area contributed by atoms with Gasteiger partial charge in [-0.1, -0.05) is 13.8 Å². The minimum atomic E-state index is -3.56. The van der Waals surface area contributed by atoms with Gasteiger partial charge in [0.1, 0.15) is 0 Å². The fourth-order valence-electron chi connectivity index (χ4n) is 0.699. The van der Waals surface area contributed by atoms with Crippen molar-refractivity contribution in [1.29, 1.82) is 0 Å². The highest BCUT2D eigenvalue weighted by molar-refractivity contribution is 7.87. The van der Waals surface area contributed by atoms with E-state index >= 15 is 0 Å². The van der Waals surface area contributed by atoms with Crippen molar-refractivity contribution in [2.24, 2.45) is 0 Å². The molecule has 0 atom stereocenters. The molecule has 0 rings (SSSR count). The van der Waals surface area contributed by atoms with Crippen LogP contribution in [-0.4, -0.2) is 32.2 Å². The Kier molecular flexibility index (Phi) is 4.06. The SMILES string of the molecule is CCN(CC)S(=O)(=O)NC=O. The van der Waals surface area contributed by atoms with Crippen LogP contribution in [0.2, 0.25) is 0 Å². The Hall–Kier alpha value is -0.620. The first-order valence-corrected chi connectivity index (χ1v) is 4.73. The Bertz CT molecular complexity index is 208. The van der Waals surface area contributed by atoms with Gasteiger partial charge in [0, 0.05) is 13.1 Å². The van der Waals surface area contributed by atoms with Crippen molar-refractivity contribution >= 4 is 16.6 Å². The van der Waals surface area contributed by atoms with Gasteiger partial charge in [-0.05, 0) is 0 Å². The average molecular weight is 180 g/mol. The van der Waals surface area contributed by atoms with E-state index in [1.165, 1.54) is 0 Å². The molecule has 0 aliphatic rings. The molecule has 0 saturated carbocycles. The summed E-state index contributed by atoms with van der Waals surface area (Å²) >= 11 is 0. The first-order chi connectivity index (χ1) is 5.08. The molecule has 66 valence electrons. The molecule has 0 aromatic heterocycles. The van der Waals surface area contributed by atoms with Crippen molar-refractivity contribution in [3.05, 3.63) is 0 Å². The Labute approximate surface area is 66.6 Å². The van der Waals surface area contributed by atoms with Gasteiger partial charge in [-0.3, -0.25) is 4.79 Å². The fourth-order valence-corrected chi connectivity index (χ4v) is 1.65. The maximum atomic E-state index is 11.0. The fraction of sp³-hybridized carbons (Fsp3) is 0.800. The summed E-state index contributed by atoms with van der Waals surface area (Å²) in [5.41, 5.74) is 0. The average Bonchev–Trinajstić information content (AvgIpc) is 1.89. The molecule has 1 N–H and O–H groups in total. The molecule has 0 fully saturated rings. The monoisotopic (exact) mass is 180 g/mol. The lowest BCUT2D eigenvalue weighted by molar-refractivity contribution is -0.108. The van der Waals surface area contributed by atoms with Crippen LogP contribution in [0.1, 0.15) is 13.8 Å². The molecule has 0 saturated heterocycles. The largest absolute Gasteiger partial charge is 0.303 e. The molecule has 1 amide bonds. The van der Waals surface area contributed by atoms with E-state index in [1.807, 2.05) is 0 Å². The molecule has 0 unspecified atom stereocenters. The van der Waals surface area contributed by atoms with Crippen molar-refractivity contribution < 1.29 is 13.2 Å². The minimum absolute atomic E-state index is 0.160. The van der Waals surface area contributed by atoms with Crippen molar-refractivity contribution in [3.8, 4) is 0 Å². The standard InChI is InChI=1S/C5H12N2O3S/c1-3-7(4-2)11(9,10)6-5-8/h5H,3-4H2,1-2H3,(H,6,8). The minimum Gasteiger partial charge on any atom is -0.278 e. The van der Waals surface area contributed by atoms with Gasteiger partial charge in [-0.2, -0.15) is 12.7 Å². The number of carbonyl (C=O) groups excluding carboxylic acids is 1. The van der Waals surface area contributed by atoms with E-state index in [0.717, 1.165) is 4.31 Å². The van der Waals surface area contributed by atoms with Crippen LogP contribution in [0.5, 0.6) is 0 Å². The molecule has 6 heteroatoms. The molecule has 0 aromatic rings. The molecule has 0 aliphatic heterocycles. The van der Waals surface area contributed by atoms with Gasteiger partial charge < -0.3 is 0 Å². The molecule has 11 heavy (non-hydrogen) atoms. The summed E-state index contributed by atoms with van der Waals surface area (Å²) in [7, 11) is -3.56. The lowest BCUT2D eigenvalue weighted by Gasteiger charge is -2.16. The molecule has 0 aromatic carbocycles. The predicted octanol–water partition coefficient (Wildman–Crippen LogP) is -0.681. The van der Waals surface area contributed by atoms with E-state index in [1.54, 1.807) is 18.6 Å². The van der Waals surface area contributed by atoms with Gasteiger partial charge in [0.15, 0.2) is 0 Å². The van der Waals surface area contributed by atoms with Crippen molar-refractivity contribution in [2.45, 2.75) is 13.8 Å². The van der Waals surface area contributed by atoms with E-state index in [4.69, 9.17) is 0 Å². The zero-order chi connectivity index (χ0) is 8.91. The van der Waals surface area contributed by atoms with Gasteiger partial charge in [0.25, 0.3) is 0 Å². The van der Waals surface area contributed by atoms with E-state index in [9.17, 15) is 13.2 Å². The Morgan fingerprint density at radius 3 is 2.09 bits per heavy atom. The molecular formula is C5H12N2O3S. The first kappa shape index (κ1) is 10.4. The summed E-state index contributed by atoms with van der Waals surface area (Å²) in [6.07, 6.45) is 0.160. The zero-order valence-corrected chi connectivity index (χ0v) is 7.39.